The summed E-state index contributed by atoms with van der Waals surface area (Å²) in [6.07, 6.45) is 0. The summed E-state index contributed by atoms with van der Waals surface area (Å²) in [6, 6.07) is 23.1. The Morgan fingerprint density at radius 3 is 2.31 bits per heavy atom. The van der Waals surface area contributed by atoms with E-state index < -0.39 is 0 Å². The van der Waals surface area contributed by atoms with E-state index in [2.05, 4.69) is 9.97 Å². The van der Waals surface area contributed by atoms with Gasteiger partial charge in [-0.2, -0.15) is 9.97 Å². The van der Waals surface area contributed by atoms with Gasteiger partial charge in [-0.25, -0.2) is 0 Å². The maximum atomic E-state index is 6.18. The first kappa shape index (κ1) is 16.4. The lowest BCUT2D eigenvalue weighted by molar-refractivity contribution is 0.369. The number of benzene rings is 3. The monoisotopic (exact) mass is 362 g/mol. The van der Waals surface area contributed by atoms with Gasteiger partial charge in [0.05, 0.1) is 18.3 Å². The smallest absolute Gasteiger partial charge is 0.323 e. The van der Waals surface area contributed by atoms with Crippen LogP contribution in [0.15, 0.2) is 72.8 Å². The zero-order chi connectivity index (χ0) is 17.9. The highest BCUT2D eigenvalue weighted by atomic mass is 35.5. The molecule has 1 heterocycles. The van der Waals surface area contributed by atoms with Crippen LogP contribution in [0, 0.1) is 0 Å². The van der Waals surface area contributed by atoms with Crippen molar-refractivity contribution in [1.82, 2.24) is 9.97 Å². The molecule has 0 bridgehead atoms. The van der Waals surface area contributed by atoms with E-state index in [4.69, 9.17) is 21.1 Å². The Morgan fingerprint density at radius 1 is 0.808 bits per heavy atom. The van der Waals surface area contributed by atoms with Crippen molar-refractivity contribution in [3.63, 3.8) is 0 Å². The number of rotatable bonds is 4. The van der Waals surface area contributed by atoms with Crippen LogP contribution in [0.1, 0.15) is 0 Å². The predicted octanol–water partition coefficient (Wildman–Crippen LogP) is 5.75. The largest absolute Gasteiger partial charge is 0.493 e. The van der Waals surface area contributed by atoms with E-state index in [1.54, 1.807) is 13.2 Å². The third-order valence-corrected chi connectivity index (χ3v) is 4.19. The SMILES string of the molecule is COc1ccccc1Oc1nc(-c2ccccc2)c2cc(Cl)ccc2n1. The summed E-state index contributed by atoms with van der Waals surface area (Å²) in [6.45, 7) is 0. The minimum atomic E-state index is 0.253. The van der Waals surface area contributed by atoms with Crippen molar-refractivity contribution in [3.05, 3.63) is 77.8 Å². The molecule has 4 nitrogen and oxygen atoms in total. The Morgan fingerprint density at radius 2 is 1.54 bits per heavy atom. The standard InChI is InChI=1S/C21H15ClN2O2/c1-25-18-9-5-6-10-19(18)26-21-23-17-12-11-15(22)13-16(17)20(24-21)14-7-3-2-4-8-14/h2-13H,1H3. The molecule has 26 heavy (non-hydrogen) atoms. The van der Waals surface area contributed by atoms with Crippen molar-refractivity contribution in [2.75, 3.05) is 7.11 Å². The average molecular weight is 363 g/mol. The van der Waals surface area contributed by atoms with E-state index in [9.17, 15) is 0 Å². The number of halogens is 1. The van der Waals surface area contributed by atoms with E-state index in [0.29, 0.717) is 16.5 Å². The van der Waals surface area contributed by atoms with E-state index in [1.165, 1.54) is 0 Å². The quantitative estimate of drug-likeness (QED) is 0.463. The van der Waals surface area contributed by atoms with Crippen LogP contribution < -0.4 is 9.47 Å². The Balaban J connectivity index is 1.88. The van der Waals surface area contributed by atoms with Crippen LogP contribution in [-0.4, -0.2) is 17.1 Å². The third kappa shape index (κ3) is 3.19. The Bertz CT molecular complexity index is 1070. The summed E-state index contributed by atoms with van der Waals surface area (Å²) in [5.41, 5.74) is 2.49. The van der Waals surface area contributed by atoms with Gasteiger partial charge in [0, 0.05) is 16.0 Å². The van der Waals surface area contributed by atoms with Crippen LogP contribution in [0.25, 0.3) is 22.2 Å². The van der Waals surface area contributed by atoms with Crippen molar-refractivity contribution in [2.45, 2.75) is 0 Å². The summed E-state index contributed by atoms with van der Waals surface area (Å²) in [4.78, 5) is 9.16. The van der Waals surface area contributed by atoms with Crippen LogP contribution in [0.3, 0.4) is 0 Å². The summed E-state index contributed by atoms with van der Waals surface area (Å²) >= 11 is 6.18. The van der Waals surface area contributed by atoms with E-state index in [-0.39, 0.29) is 6.01 Å². The highest BCUT2D eigenvalue weighted by Gasteiger charge is 2.13. The number of ether oxygens (including phenoxy) is 2. The van der Waals surface area contributed by atoms with Gasteiger partial charge in [-0.3, -0.25) is 0 Å². The van der Waals surface area contributed by atoms with Crippen molar-refractivity contribution in [3.8, 4) is 28.8 Å². The van der Waals surface area contributed by atoms with E-state index >= 15 is 0 Å². The third-order valence-electron chi connectivity index (χ3n) is 3.95. The molecule has 0 aliphatic rings. The molecular weight excluding hydrogens is 348 g/mol. The Hall–Kier alpha value is -3.11. The zero-order valence-corrected chi connectivity index (χ0v) is 14.8. The van der Waals surface area contributed by atoms with Gasteiger partial charge < -0.3 is 9.47 Å². The maximum Gasteiger partial charge on any atom is 0.323 e. The number of para-hydroxylation sites is 2. The number of hydrogen-bond acceptors (Lipinski definition) is 4. The second kappa shape index (κ2) is 7.02. The van der Waals surface area contributed by atoms with Crippen molar-refractivity contribution >= 4 is 22.5 Å². The van der Waals surface area contributed by atoms with Crippen LogP contribution >= 0.6 is 11.6 Å². The Kier molecular flexibility index (Phi) is 4.42. The summed E-state index contributed by atoms with van der Waals surface area (Å²) < 4.78 is 11.3. The van der Waals surface area contributed by atoms with Crippen molar-refractivity contribution in [2.24, 2.45) is 0 Å². The molecule has 4 rings (SSSR count). The normalized spacial score (nSPS) is 10.7. The number of methoxy groups -OCH3 is 1. The lowest BCUT2D eigenvalue weighted by Gasteiger charge is -2.11. The molecule has 0 fully saturated rings. The minimum absolute atomic E-state index is 0.253. The zero-order valence-electron chi connectivity index (χ0n) is 14.0. The van der Waals surface area contributed by atoms with E-state index in [1.807, 2.05) is 66.7 Å². The molecule has 0 saturated heterocycles. The molecule has 0 unspecified atom stereocenters. The van der Waals surface area contributed by atoms with Crippen LogP contribution in [0.4, 0.5) is 0 Å². The molecule has 1 aromatic heterocycles. The fourth-order valence-electron chi connectivity index (χ4n) is 2.74. The average Bonchev–Trinajstić information content (AvgIpc) is 2.69. The lowest BCUT2D eigenvalue weighted by Crippen LogP contribution is -1.97. The van der Waals surface area contributed by atoms with Gasteiger partial charge in [-0.05, 0) is 30.3 Å². The molecule has 0 spiro atoms. The fraction of sp³-hybridized carbons (Fsp3) is 0.0476. The molecule has 5 heteroatoms. The summed E-state index contributed by atoms with van der Waals surface area (Å²) in [5.74, 6) is 1.18. The number of hydrogen-bond donors (Lipinski definition) is 0. The van der Waals surface area contributed by atoms with Gasteiger partial charge in [-0.1, -0.05) is 54.1 Å². The van der Waals surface area contributed by atoms with Gasteiger partial charge in [0.25, 0.3) is 0 Å². The first-order valence-electron chi connectivity index (χ1n) is 8.08. The van der Waals surface area contributed by atoms with Gasteiger partial charge in [0.2, 0.25) is 0 Å². The summed E-state index contributed by atoms with van der Waals surface area (Å²) in [5, 5.41) is 1.51. The first-order chi connectivity index (χ1) is 12.7. The molecule has 0 atom stereocenters. The van der Waals surface area contributed by atoms with Gasteiger partial charge in [0.1, 0.15) is 0 Å². The predicted molar refractivity (Wildman–Crippen MR) is 103 cm³/mol. The highest BCUT2D eigenvalue weighted by Crippen LogP contribution is 2.33. The van der Waals surface area contributed by atoms with Crippen molar-refractivity contribution in [1.29, 1.82) is 0 Å². The second-order valence-electron chi connectivity index (χ2n) is 5.64. The molecule has 0 amide bonds. The van der Waals surface area contributed by atoms with Gasteiger partial charge in [0.15, 0.2) is 11.5 Å². The maximum absolute atomic E-state index is 6.18. The molecular formula is C21H15ClN2O2. The molecule has 0 saturated carbocycles. The molecule has 4 aromatic rings. The summed E-state index contributed by atoms with van der Waals surface area (Å²) in [7, 11) is 1.60. The van der Waals surface area contributed by atoms with Gasteiger partial charge >= 0.3 is 6.01 Å². The minimum Gasteiger partial charge on any atom is -0.493 e. The molecule has 0 N–H and O–H groups in total. The number of fused-ring (bicyclic) bond motifs is 1. The van der Waals surface area contributed by atoms with Crippen molar-refractivity contribution < 1.29 is 9.47 Å². The second-order valence-corrected chi connectivity index (χ2v) is 6.07. The number of nitrogens with zero attached hydrogens (tertiary/aromatic N) is 2. The molecule has 0 aliphatic carbocycles. The highest BCUT2D eigenvalue weighted by molar-refractivity contribution is 6.31. The Labute approximate surface area is 156 Å². The van der Waals surface area contributed by atoms with Crippen LogP contribution in [0.2, 0.25) is 5.02 Å². The number of aromatic nitrogens is 2. The molecule has 128 valence electrons. The fourth-order valence-corrected chi connectivity index (χ4v) is 2.91. The van der Waals surface area contributed by atoms with E-state index in [0.717, 1.165) is 22.2 Å². The topological polar surface area (TPSA) is 44.2 Å². The van der Waals surface area contributed by atoms with Gasteiger partial charge in [-0.15, -0.1) is 0 Å². The molecule has 3 aromatic carbocycles. The first-order valence-corrected chi connectivity index (χ1v) is 8.46. The van der Waals surface area contributed by atoms with Crippen LogP contribution in [-0.2, 0) is 0 Å². The van der Waals surface area contributed by atoms with Crippen LogP contribution in [0.5, 0.6) is 17.5 Å². The molecule has 0 radical (unpaired) electrons. The lowest BCUT2D eigenvalue weighted by atomic mass is 10.1. The molecule has 0 aliphatic heterocycles.